The summed E-state index contributed by atoms with van der Waals surface area (Å²) in [6, 6.07) is 0. The van der Waals surface area contributed by atoms with Gasteiger partial charge in [0, 0.05) is 12.8 Å². The number of aliphatic hydroxyl groups excluding tert-OH is 1. The highest BCUT2D eigenvalue weighted by Gasteiger charge is 2.70. The first kappa shape index (κ1) is 22.7. The Balaban J connectivity index is 3.49. The fourth-order valence-electron chi connectivity index (χ4n) is 2.98. The molecule has 2 unspecified atom stereocenters. The van der Waals surface area contributed by atoms with Gasteiger partial charge in [0.1, 0.15) is 16.9 Å². The molecule has 0 radical (unpaired) electrons. The van der Waals surface area contributed by atoms with Gasteiger partial charge in [0.25, 0.3) is 0 Å². The minimum atomic E-state index is -4.17. The molecule has 1 saturated heterocycles. The summed E-state index contributed by atoms with van der Waals surface area (Å²) >= 11 is 0. The number of esters is 1. The Morgan fingerprint density at radius 3 is 1.92 bits per heavy atom. The molecule has 26 heavy (non-hydrogen) atoms. The van der Waals surface area contributed by atoms with Gasteiger partial charge in [-0.25, -0.2) is 13.2 Å². The number of nitrogens with zero attached hydrogens (tertiary/aromatic N) is 1. The summed E-state index contributed by atoms with van der Waals surface area (Å²) < 4.78 is 33.5. The average molecular weight is 394 g/mol. The highest BCUT2D eigenvalue weighted by molar-refractivity contribution is 7.93. The molecule has 1 amide bonds. The average Bonchev–Trinajstić information content (AvgIpc) is 2.69. The molecule has 0 aliphatic carbocycles. The van der Waals surface area contributed by atoms with Gasteiger partial charge in [0.05, 0.1) is 6.61 Å². The first-order chi connectivity index (χ1) is 11.4. The van der Waals surface area contributed by atoms with Crippen molar-refractivity contribution in [1.29, 1.82) is 0 Å². The van der Waals surface area contributed by atoms with E-state index < -0.39 is 50.1 Å². The molecule has 9 nitrogen and oxygen atoms in total. The van der Waals surface area contributed by atoms with Gasteiger partial charge in [0.2, 0.25) is 4.75 Å². The van der Waals surface area contributed by atoms with Crippen LogP contribution < -0.4 is 5.73 Å². The van der Waals surface area contributed by atoms with E-state index in [1.807, 2.05) is 0 Å². The number of hydrogen-bond donors (Lipinski definition) is 2. The summed E-state index contributed by atoms with van der Waals surface area (Å²) in [6.45, 7) is 8.51. The minimum Gasteiger partial charge on any atom is -0.459 e. The van der Waals surface area contributed by atoms with Gasteiger partial charge in [0.15, 0.2) is 9.84 Å². The molecular formula is C16H30N2O7S. The lowest BCUT2D eigenvalue weighted by Crippen LogP contribution is -2.74. The number of nitrogens with two attached hydrogens (primary N) is 1. The van der Waals surface area contributed by atoms with Crippen LogP contribution in [0.3, 0.4) is 0 Å². The highest BCUT2D eigenvalue weighted by Crippen LogP contribution is 2.43. The lowest BCUT2D eigenvalue weighted by molar-refractivity contribution is -0.161. The van der Waals surface area contributed by atoms with Crippen molar-refractivity contribution >= 4 is 21.9 Å². The fraction of sp³-hybridized carbons (Fsp3) is 0.875. The maximum absolute atomic E-state index is 12.9. The smallest absolute Gasteiger partial charge is 0.411 e. The van der Waals surface area contributed by atoms with E-state index in [2.05, 4.69) is 0 Å². The maximum Gasteiger partial charge on any atom is 0.411 e. The quantitative estimate of drug-likeness (QED) is 0.656. The topological polar surface area (TPSA) is 136 Å². The summed E-state index contributed by atoms with van der Waals surface area (Å²) in [4.78, 5) is 26.3. The zero-order chi connectivity index (χ0) is 20.8. The van der Waals surface area contributed by atoms with Crippen LogP contribution in [0.5, 0.6) is 0 Å². The van der Waals surface area contributed by atoms with E-state index in [-0.39, 0.29) is 13.0 Å². The Hall–Kier alpha value is -1.39. The summed E-state index contributed by atoms with van der Waals surface area (Å²) in [5.41, 5.74) is 2.14. The van der Waals surface area contributed by atoms with Crippen molar-refractivity contribution in [3.05, 3.63) is 0 Å². The second-order valence-electron chi connectivity index (χ2n) is 8.57. The largest absolute Gasteiger partial charge is 0.459 e. The first-order valence-corrected chi connectivity index (χ1v) is 10.1. The normalized spacial score (nSPS) is 27.3. The number of hydrogen-bond acceptors (Lipinski definition) is 8. The molecule has 1 aliphatic rings. The number of aliphatic hydroxyl groups is 1. The van der Waals surface area contributed by atoms with E-state index in [9.17, 15) is 23.1 Å². The number of carbonyl (C=O) groups excluding carboxylic acids is 2. The minimum absolute atomic E-state index is 0.182. The molecule has 1 aliphatic heterocycles. The summed E-state index contributed by atoms with van der Waals surface area (Å²) in [6.07, 6.45) is -0.382. The third kappa shape index (κ3) is 3.96. The van der Waals surface area contributed by atoms with Crippen molar-refractivity contribution in [3.8, 4) is 0 Å². The monoisotopic (exact) mass is 394 g/mol. The number of amides is 1. The van der Waals surface area contributed by atoms with E-state index >= 15 is 0 Å². The molecule has 0 saturated carbocycles. The van der Waals surface area contributed by atoms with Crippen molar-refractivity contribution in [2.45, 2.75) is 69.6 Å². The molecule has 0 aromatic heterocycles. The van der Waals surface area contributed by atoms with Crippen LogP contribution in [-0.4, -0.2) is 71.5 Å². The first-order valence-electron chi connectivity index (χ1n) is 8.25. The molecule has 0 aromatic rings. The van der Waals surface area contributed by atoms with Crippen LogP contribution in [0.25, 0.3) is 0 Å². The van der Waals surface area contributed by atoms with E-state index in [0.29, 0.717) is 0 Å². The third-order valence-electron chi connectivity index (χ3n) is 4.08. The van der Waals surface area contributed by atoms with E-state index in [1.165, 1.54) is 0 Å². The van der Waals surface area contributed by atoms with Crippen molar-refractivity contribution in [1.82, 2.24) is 4.90 Å². The van der Waals surface area contributed by atoms with Crippen LogP contribution in [0.2, 0.25) is 0 Å². The molecule has 2 atom stereocenters. The molecular weight excluding hydrogens is 364 g/mol. The van der Waals surface area contributed by atoms with Gasteiger partial charge in [-0.05, 0) is 48.0 Å². The number of likely N-dealkylation sites (tertiary alicyclic amines) is 1. The molecule has 10 heteroatoms. The number of sulfone groups is 1. The Kier molecular flexibility index (Phi) is 5.79. The van der Waals surface area contributed by atoms with Crippen LogP contribution in [0.1, 0.15) is 48.0 Å². The molecule has 152 valence electrons. The van der Waals surface area contributed by atoms with E-state index in [1.54, 1.807) is 41.5 Å². The Morgan fingerprint density at radius 2 is 1.58 bits per heavy atom. The Bertz CT molecular complexity index is 678. The van der Waals surface area contributed by atoms with Gasteiger partial charge in [-0.1, -0.05) is 0 Å². The maximum atomic E-state index is 12.9. The van der Waals surface area contributed by atoms with Crippen molar-refractivity contribution in [2.75, 3.05) is 19.4 Å². The van der Waals surface area contributed by atoms with Gasteiger partial charge >= 0.3 is 12.1 Å². The lowest BCUT2D eigenvalue weighted by Gasteiger charge is -2.43. The van der Waals surface area contributed by atoms with Gasteiger partial charge < -0.3 is 20.3 Å². The molecule has 1 heterocycles. The molecule has 0 spiro atoms. The molecule has 1 rings (SSSR count). The van der Waals surface area contributed by atoms with Crippen LogP contribution >= 0.6 is 0 Å². The standard InChI is InChI=1S/C16H30N2O7S/c1-13(2,3)24-11(20)15(26(7,22)23)8-9-18(16(15,17)10-19)12(21)25-14(4,5)6/h19H,8-10,17H2,1-7H3. The fourth-order valence-corrected chi connectivity index (χ4v) is 4.61. The zero-order valence-electron chi connectivity index (χ0n) is 16.5. The summed E-state index contributed by atoms with van der Waals surface area (Å²) in [5, 5.41) is 9.94. The second-order valence-corrected chi connectivity index (χ2v) is 10.8. The molecule has 0 bridgehead atoms. The summed E-state index contributed by atoms with van der Waals surface area (Å²) in [5.74, 6) is -1.10. The van der Waals surface area contributed by atoms with Crippen LogP contribution in [0.4, 0.5) is 4.79 Å². The second kappa shape index (κ2) is 6.65. The van der Waals surface area contributed by atoms with E-state index in [4.69, 9.17) is 15.2 Å². The van der Waals surface area contributed by atoms with Crippen LogP contribution in [-0.2, 0) is 24.1 Å². The van der Waals surface area contributed by atoms with Gasteiger partial charge in [-0.2, -0.15) is 0 Å². The molecule has 0 aromatic carbocycles. The van der Waals surface area contributed by atoms with Gasteiger partial charge in [-0.15, -0.1) is 0 Å². The Labute approximate surface area is 154 Å². The van der Waals surface area contributed by atoms with Crippen molar-refractivity contribution < 1.29 is 32.6 Å². The molecule has 1 fully saturated rings. The predicted octanol–water partition coefficient (Wildman–Crippen LogP) is 0.400. The third-order valence-corrected chi connectivity index (χ3v) is 6.08. The van der Waals surface area contributed by atoms with E-state index in [0.717, 1.165) is 11.2 Å². The summed E-state index contributed by atoms with van der Waals surface area (Å²) in [7, 11) is -4.17. The number of rotatable bonds is 3. The SMILES string of the molecule is CC(C)(C)OC(=O)N1CCC(C(=O)OC(C)(C)C)(S(C)(=O)=O)C1(N)CO. The van der Waals surface area contributed by atoms with Crippen LogP contribution in [0.15, 0.2) is 0 Å². The predicted molar refractivity (Wildman–Crippen MR) is 95.0 cm³/mol. The van der Waals surface area contributed by atoms with Gasteiger partial charge in [-0.3, -0.25) is 9.69 Å². The number of carbonyl (C=O) groups is 2. The van der Waals surface area contributed by atoms with Crippen molar-refractivity contribution in [3.63, 3.8) is 0 Å². The number of ether oxygens (including phenoxy) is 2. The highest BCUT2D eigenvalue weighted by atomic mass is 32.2. The lowest BCUT2D eigenvalue weighted by atomic mass is 9.93. The molecule has 3 N–H and O–H groups in total. The van der Waals surface area contributed by atoms with Crippen LogP contribution in [0, 0.1) is 0 Å². The zero-order valence-corrected chi connectivity index (χ0v) is 17.3. The van der Waals surface area contributed by atoms with Crippen molar-refractivity contribution in [2.24, 2.45) is 5.73 Å². The Morgan fingerprint density at radius 1 is 1.12 bits per heavy atom.